The van der Waals surface area contributed by atoms with Crippen LogP contribution >= 0.6 is 0 Å². The largest absolute Gasteiger partial charge is 0.309 e. The number of aromatic nitrogens is 3. The molecule has 0 aliphatic rings. The second kappa shape index (κ2) is 6.67. The maximum Gasteiger partial charge on any atom is 0.259 e. The number of hydrogen-bond acceptors (Lipinski definition) is 3. The fourth-order valence-electron chi connectivity index (χ4n) is 3.13. The van der Waals surface area contributed by atoms with Gasteiger partial charge in [-0.1, -0.05) is 32.0 Å². The van der Waals surface area contributed by atoms with Gasteiger partial charge in [-0.3, -0.25) is 9.48 Å². The first-order valence-electron chi connectivity index (χ1n) is 8.65. The average molecular weight is 336 g/mol. The minimum Gasteiger partial charge on any atom is -0.309 e. The molecule has 5 heteroatoms. The fourth-order valence-corrected chi connectivity index (χ4v) is 3.13. The maximum atomic E-state index is 13.4. The Morgan fingerprint density at radius 3 is 2.52 bits per heavy atom. The highest BCUT2D eigenvalue weighted by Crippen LogP contribution is 2.27. The number of benzene rings is 1. The van der Waals surface area contributed by atoms with Crippen molar-refractivity contribution in [2.24, 2.45) is 7.05 Å². The predicted molar refractivity (Wildman–Crippen MR) is 101 cm³/mol. The molecule has 0 aliphatic heterocycles. The Hall–Kier alpha value is -2.69. The molecule has 0 unspecified atom stereocenters. The van der Waals surface area contributed by atoms with Crippen molar-refractivity contribution < 1.29 is 4.79 Å². The number of para-hydroxylation sites is 1. The summed E-state index contributed by atoms with van der Waals surface area (Å²) in [7, 11) is 1.87. The van der Waals surface area contributed by atoms with Crippen molar-refractivity contribution in [2.45, 2.75) is 33.6 Å². The van der Waals surface area contributed by atoms with Crippen molar-refractivity contribution >= 4 is 22.6 Å². The zero-order valence-corrected chi connectivity index (χ0v) is 15.4. The number of carbonyl (C=O) groups is 1. The molecule has 0 bridgehead atoms. The van der Waals surface area contributed by atoms with Crippen LogP contribution in [0.1, 0.15) is 48.4 Å². The molecule has 1 amide bonds. The van der Waals surface area contributed by atoms with Crippen molar-refractivity contribution in [1.29, 1.82) is 0 Å². The van der Waals surface area contributed by atoms with Gasteiger partial charge in [-0.25, -0.2) is 4.98 Å². The predicted octanol–water partition coefficient (Wildman–Crippen LogP) is 4.07. The van der Waals surface area contributed by atoms with Gasteiger partial charge in [0.15, 0.2) is 5.65 Å². The Morgan fingerprint density at radius 2 is 1.92 bits per heavy atom. The number of anilines is 1. The van der Waals surface area contributed by atoms with E-state index < -0.39 is 0 Å². The van der Waals surface area contributed by atoms with E-state index in [1.54, 1.807) is 9.58 Å². The minimum absolute atomic E-state index is 0.0147. The van der Waals surface area contributed by atoms with Crippen LogP contribution in [0.2, 0.25) is 0 Å². The number of fused-ring (bicyclic) bond motifs is 1. The SMILES string of the molecule is CCN(C(=O)c1cc(C(C)C)nc2c1c(C)nn2C)c1ccccc1. The lowest BCUT2D eigenvalue weighted by molar-refractivity contribution is 0.0989. The summed E-state index contributed by atoms with van der Waals surface area (Å²) in [5, 5.41) is 5.31. The third-order valence-electron chi connectivity index (χ3n) is 4.44. The molecule has 0 spiro atoms. The standard InChI is InChI=1S/C20H24N4O/c1-6-24(15-10-8-7-9-11-15)20(25)16-12-17(13(2)3)21-19-18(16)14(4)22-23(19)5/h7-13H,6H2,1-5H3. The van der Waals surface area contributed by atoms with Crippen molar-refractivity contribution in [3.8, 4) is 0 Å². The van der Waals surface area contributed by atoms with Crippen LogP contribution in [0.3, 0.4) is 0 Å². The molecular weight excluding hydrogens is 312 g/mol. The zero-order valence-electron chi connectivity index (χ0n) is 15.4. The van der Waals surface area contributed by atoms with Crippen LogP contribution in [0.4, 0.5) is 5.69 Å². The molecule has 2 heterocycles. The van der Waals surface area contributed by atoms with E-state index in [0.29, 0.717) is 12.1 Å². The van der Waals surface area contributed by atoms with E-state index in [1.165, 1.54) is 0 Å². The van der Waals surface area contributed by atoms with Crippen LogP contribution in [-0.4, -0.2) is 27.2 Å². The molecule has 130 valence electrons. The Morgan fingerprint density at radius 1 is 1.24 bits per heavy atom. The molecule has 0 saturated heterocycles. The molecule has 25 heavy (non-hydrogen) atoms. The molecule has 0 fully saturated rings. The maximum absolute atomic E-state index is 13.4. The smallest absolute Gasteiger partial charge is 0.259 e. The molecule has 0 radical (unpaired) electrons. The van der Waals surface area contributed by atoms with Crippen molar-refractivity contribution in [2.75, 3.05) is 11.4 Å². The second-order valence-corrected chi connectivity index (χ2v) is 6.54. The van der Waals surface area contributed by atoms with Crippen LogP contribution in [0.25, 0.3) is 11.0 Å². The van der Waals surface area contributed by atoms with E-state index in [-0.39, 0.29) is 11.8 Å². The Labute approximate surface area is 148 Å². The summed E-state index contributed by atoms with van der Waals surface area (Å²) in [4.78, 5) is 19.9. The van der Waals surface area contributed by atoms with Gasteiger partial charge in [0.2, 0.25) is 0 Å². The molecule has 0 saturated carbocycles. The van der Waals surface area contributed by atoms with Crippen molar-refractivity contribution in [3.63, 3.8) is 0 Å². The highest BCUT2D eigenvalue weighted by Gasteiger charge is 2.23. The second-order valence-electron chi connectivity index (χ2n) is 6.54. The molecule has 0 atom stereocenters. The van der Waals surface area contributed by atoms with E-state index in [1.807, 2.05) is 57.3 Å². The molecule has 0 N–H and O–H groups in total. The van der Waals surface area contributed by atoms with Crippen LogP contribution in [0, 0.1) is 6.92 Å². The van der Waals surface area contributed by atoms with E-state index in [4.69, 9.17) is 4.98 Å². The summed E-state index contributed by atoms with van der Waals surface area (Å²) >= 11 is 0. The number of nitrogens with zero attached hydrogens (tertiary/aromatic N) is 4. The molecule has 0 aliphatic carbocycles. The first-order chi connectivity index (χ1) is 11.9. The quantitative estimate of drug-likeness (QED) is 0.722. The van der Waals surface area contributed by atoms with Gasteiger partial charge in [-0.05, 0) is 38.0 Å². The lowest BCUT2D eigenvalue weighted by Gasteiger charge is -2.22. The summed E-state index contributed by atoms with van der Waals surface area (Å²) in [6.07, 6.45) is 0. The van der Waals surface area contributed by atoms with Gasteiger partial charge >= 0.3 is 0 Å². The molecule has 2 aromatic heterocycles. The fraction of sp³-hybridized carbons (Fsp3) is 0.350. The lowest BCUT2D eigenvalue weighted by atomic mass is 10.0. The molecule has 3 aromatic rings. The number of hydrogen-bond donors (Lipinski definition) is 0. The van der Waals surface area contributed by atoms with Crippen LogP contribution < -0.4 is 4.90 Å². The van der Waals surface area contributed by atoms with Gasteiger partial charge in [0.05, 0.1) is 16.6 Å². The average Bonchev–Trinajstić information content (AvgIpc) is 2.90. The number of carbonyl (C=O) groups excluding carboxylic acids is 1. The minimum atomic E-state index is -0.0147. The third-order valence-corrected chi connectivity index (χ3v) is 4.44. The number of pyridine rings is 1. The van der Waals surface area contributed by atoms with E-state index in [2.05, 4.69) is 18.9 Å². The Balaban J connectivity index is 2.21. The van der Waals surface area contributed by atoms with Gasteiger partial charge < -0.3 is 4.90 Å². The first kappa shape index (κ1) is 17.1. The van der Waals surface area contributed by atoms with E-state index in [9.17, 15) is 4.79 Å². The highest BCUT2D eigenvalue weighted by molar-refractivity contribution is 6.13. The number of amides is 1. The first-order valence-corrected chi connectivity index (χ1v) is 8.65. The molecule has 3 rings (SSSR count). The Kier molecular flexibility index (Phi) is 4.57. The van der Waals surface area contributed by atoms with Gasteiger partial charge in [-0.2, -0.15) is 5.10 Å². The van der Waals surface area contributed by atoms with Crippen LogP contribution in [-0.2, 0) is 7.05 Å². The third kappa shape index (κ3) is 3.02. The summed E-state index contributed by atoms with van der Waals surface area (Å²) in [5.41, 5.74) is 4.06. The van der Waals surface area contributed by atoms with Crippen molar-refractivity contribution in [1.82, 2.24) is 14.8 Å². The van der Waals surface area contributed by atoms with E-state index in [0.717, 1.165) is 28.1 Å². The monoisotopic (exact) mass is 336 g/mol. The molecule has 1 aromatic carbocycles. The summed E-state index contributed by atoms with van der Waals surface area (Å²) < 4.78 is 1.76. The number of aryl methyl sites for hydroxylation is 2. The van der Waals surface area contributed by atoms with Gasteiger partial charge in [0.25, 0.3) is 5.91 Å². The van der Waals surface area contributed by atoms with Gasteiger partial charge in [0.1, 0.15) is 0 Å². The van der Waals surface area contributed by atoms with Crippen molar-refractivity contribution in [3.05, 3.63) is 53.3 Å². The van der Waals surface area contributed by atoms with Crippen LogP contribution in [0.15, 0.2) is 36.4 Å². The summed E-state index contributed by atoms with van der Waals surface area (Å²) in [6.45, 7) is 8.68. The molecular formula is C20H24N4O. The normalized spacial score (nSPS) is 11.3. The molecule has 5 nitrogen and oxygen atoms in total. The van der Waals surface area contributed by atoms with E-state index >= 15 is 0 Å². The lowest BCUT2D eigenvalue weighted by Crippen LogP contribution is -2.31. The highest BCUT2D eigenvalue weighted by atomic mass is 16.2. The zero-order chi connectivity index (χ0) is 18.1. The summed E-state index contributed by atoms with van der Waals surface area (Å²) in [5.74, 6) is 0.219. The summed E-state index contributed by atoms with van der Waals surface area (Å²) in [6, 6.07) is 11.7. The Bertz CT molecular complexity index is 912. The van der Waals surface area contributed by atoms with Gasteiger partial charge in [0, 0.05) is 25.0 Å². The number of rotatable bonds is 4. The topological polar surface area (TPSA) is 51.0 Å². The van der Waals surface area contributed by atoms with Crippen LogP contribution in [0.5, 0.6) is 0 Å². The van der Waals surface area contributed by atoms with Gasteiger partial charge in [-0.15, -0.1) is 0 Å².